The highest BCUT2D eigenvalue weighted by atomic mass is 35.5. The van der Waals surface area contributed by atoms with Crippen LogP contribution >= 0.6 is 11.6 Å². The Morgan fingerprint density at radius 2 is 1.74 bits per heavy atom. The molecule has 0 spiro atoms. The van der Waals surface area contributed by atoms with E-state index in [9.17, 15) is 14.4 Å². The first-order chi connectivity index (χ1) is 14.9. The van der Waals surface area contributed by atoms with E-state index in [0.29, 0.717) is 33.3 Å². The van der Waals surface area contributed by atoms with Crippen LogP contribution in [0.2, 0.25) is 5.02 Å². The van der Waals surface area contributed by atoms with E-state index in [1.165, 1.54) is 26.2 Å². The average Bonchev–Trinajstić information content (AvgIpc) is 3.18. The van der Waals surface area contributed by atoms with E-state index < -0.39 is 17.9 Å². The topological polar surface area (TPSA) is 91.4 Å². The number of hydrogen-bond acceptors (Lipinski definition) is 7. The van der Waals surface area contributed by atoms with Crippen LogP contribution in [0.5, 0.6) is 11.5 Å². The number of carbonyl (C=O) groups is 3. The molecule has 2 aromatic carbocycles. The third-order valence-corrected chi connectivity index (χ3v) is 5.25. The molecule has 0 aromatic heterocycles. The van der Waals surface area contributed by atoms with Gasteiger partial charge >= 0.3 is 11.9 Å². The van der Waals surface area contributed by atoms with E-state index in [2.05, 4.69) is 4.74 Å². The standard InChI is InChI=1S/C22H22ClNO7/c1-28-18-10-19(29-2)17(9-16(18)23)24-11-15(8-20(24)25)22(27)31-12-13-4-6-14(7-5-13)21(26)30-3/h4-7,9-10,15H,8,11-12H2,1-3H3. The Bertz CT molecular complexity index is 990. The van der Waals surface area contributed by atoms with Gasteiger partial charge in [0.1, 0.15) is 18.1 Å². The SMILES string of the molecule is COC(=O)c1ccc(COC(=O)C2CC(=O)N(c3cc(Cl)c(OC)cc3OC)C2)cc1. The van der Waals surface area contributed by atoms with Crippen molar-refractivity contribution in [3.05, 3.63) is 52.5 Å². The molecule has 9 heteroatoms. The second-order valence-corrected chi connectivity index (χ2v) is 7.27. The van der Waals surface area contributed by atoms with E-state index in [1.807, 2.05) is 0 Å². The first-order valence-electron chi connectivity index (χ1n) is 9.43. The van der Waals surface area contributed by atoms with Gasteiger partial charge in [-0.2, -0.15) is 0 Å². The van der Waals surface area contributed by atoms with Gasteiger partial charge in [0, 0.05) is 19.0 Å². The van der Waals surface area contributed by atoms with E-state index in [4.69, 9.17) is 25.8 Å². The molecule has 1 unspecified atom stereocenters. The van der Waals surface area contributed by atoms with Crippen LogP contribution in [0.3, 0.4) is 0 Å². The van der Waals surface area contributed by atoms with Crippen LogP contribution in [0.25, 0.3) is 0 Å². The highest BCUT2D eigenvalue weighted by Gasteiger charge is 2.37. The molecule has 1 aliphatic heterocycles. The molecule has 8 nitrogen and oxygen atoms in total. The molecule has 1 fully saturated rings. The summed E-state index contributed by atoms with van der Waals surface area (Å²) in [7, 11) is 4.26. The monoisotopic (exact) mass is 447 g/mol. The molecule has 0 radical (unpaired) electrons. The fourth-order valence-corrected chi connectivity index (χ4v) is 3.52. The Labute approximate surface area is 184 Å². The number of carbonyl (C=O) groups excluding carboxylic acids is 3. The van der Waals surface area contributed by atoms with Crippen LogP contribution in [-0.4, -0.2) is 45.7 Å². The minimum absolute atomic E-state index is 0.0207. The lowest BCUT2D eigenvalue weighted by Gasteiger charge is -2.20. The summed E-state index contributed by atoms with van der Waals surface area (Å²) in [6.07, 6.45) is 0.0207. The summed E-state index contributed by atoms with van der Waals surface area (Å²) in [6.45, 7) is 0.181. The van der Waals surface area contributed by atoms with Gasteiger partial charge in [0.05, 0.1) is 43.5 Å². The number of anilines is 1. The zero-order valence-corrected chi connectivity index (χ0v) is 18.1. The maximum atomic E-state index is 12.6. The quantitative estimate of drug-likeness (QED) is 0.601. The highest BCUT2D eigenvalue weighted by Crippen LogP contribution is 2.40. The Kier molecular flexibility index (Phi) is 7.02. The number of amides is 1. The summed E-state index contributed by atoms with van der Waals surface area (Å²) < 4.78 is 20.6. The third kappa shape index (κ3) is 4.91. The number of methoxy groups -OCH3 is 3. The lowest BCUT2D eigenvalue weighted by molar-refractivity contribution is -0.149. The van der Waals surface area contributed by atoms with Crippen LogP contribution in [0.4, 0.5) is 5.69 Å². The number of rotatable bonds is 7. The summed E-state index contributed by atoms with van der Waals surface area (Å²) in [6, 6.07) is 9.71. The van der Waals surface area contributed by atoms with Crippen molar-refractivity contribution in [2.45, 2.75) is 13.0 Å². The predicted octanol–water partition coefficient (Wildman–Crippen LogP) is 3.24. The Morgan fingerprint density at radius 3 is 2.35 bits per heavy atom. The van der Waals surface area contributed by atoms with Crippen molar-refractivity contribution >= 4 is 35.1 Å². The smallest absolute Gasteiger partial charge is 0.337 e. The van der Waals surface area contributed by atoms with Gasteiger partial charge in [-0.05, 0) is 23.8 Å². The Hall–Kier alpha value is -3.26. The van der Waals surface area contributed by atoms with Gasteiger partial charge in [-0.3, -0.25) is 9.59 Å². The number of benzene rings is 2. The lowest BCUT2D eigenvalue weighted by Crippen LogP contribution is -2.27. The van der Waals surface area contributed by atoms with Gasteiger partial charge in [0.2, 0.25) is 5.91 Å². The summed E-state index contributed by atoms with van der Waals surface area (Å²) >= 11 is 6.20. The van der Waals surface area contributed by atoms with Crippen molar-refractivity contribution < 1.29 is 33.3 Å². The van der Waals surface area contributed by atoms with Gasteiger partial charge in [-0.25, -0.2) is 4.79 Å². The molecule has 0 N–H and O–H groups in total. The number of esters is 2. The van der Waals surface area contributed by atoms with E-state index in [1.54, 1.807) is 36.4 Å². The molecule has 31 heavy (non-hydrogen) atoms. The van der Waals surface area contributed by atoms with Crippen molar-refractivity contribution in [3.8, 4) is 11.5 Å². The van der Waals surface area contributed by atoms with Gasteiger partial charge in [-0.1, -0.05) is 23.7 Å². The van der Waals surface area contributed by atoms with Crippen LogP contribution < -0.4 is 14.4 Å². The molecule has 1 aliphatic rings. The molecule has 0 aliphatic carbocycles. The molecule has 1 amide bonds. The number of nitrogens with zero attached hydrogens (tertiary/aromatic N) is 1. The van der Waals surface area contributed by atoms with Crippen LogP contribution in [0.15, 0.2) is 36.4 Å². The van der Waals surface area contributed by atoms with Crippen molar-refractivity contribution in [3.63, 3.8) is 0 Å². The normalized spacial score (nSPS) is 15.5. The number of ether oxygens (including phenoxy) is 4. The lowest BCUT2D eigenvalue weighted by atomic mass is 10.1. The predicted molar refractivity (Wildman–Crippen MR) is 113 cm³/mol. The van der Waals surface area contributed by atoms with Crippen molar-refractivity contribution in [1.82, 2.24) is 0 Å². The fourth-order valence-electron chi connectivity index (χ4n) is 3.28. The zero-order chi connectivity index (χ0) is 22.5. The molecule has 0 bridgehead atoms. The summed E-state index contributed by atoms with van der Waals surface area (Å²) in [5.74, 6) is -0.942. The van der Waals surface area contributed by atoms with Crippen LogP contribution in [0, 0.1) is 5.92 Å². The summed E-state index contributed by atoms with van der Waals surface area (Å²) in [5, 5.41) is 0.326. The minimum atomic E-state index is -0.618. The Balaban J connectivity index is 1.65. The third-order valence-electron chi connectivity index (χ3n) is 4.96. The average molecular weight is 448 g/mol. The Morgan fingerprint density at radius 1 is 1.06 bits per heavy atom. The molecule has 3 rings (SSSR count). The maximum absolute atomic E-state index is 12.6. The second kappa shape index (κ2) is 9.70. The van der Waals surface area contributed by atoms with Crippen molar-refractivity contribution in [2.75, 3.05) is 32.8 Å². The van der Waals surface area contributed by atoms with Crippen molar-refractivity contribution in [1.29, 1.82) is 0 Å². The van der Waals surface area contributed by atoms with Crippen LogP contribution in [-0.2, 0) is 25.7 Å². The molecule has 1 heterocycles. The molecule has 1 saturated heterocycles. The first kappa shape index (κ1) is 22.4. The molecule has 1 atom stereocenters. The summed E-state index contributed by atoms with van der Waals surface area (Å²) in [4.78, 5) is 38.0. The van der Waals surface area contributed by atoms with Gasteiger partial charge < -0.3 is 23.8 Å². The number of halogens is 1. The summed E-state index contributed by atoms with van der Waals surface area (Å²) in [5.41, 5.74) is 1.58. The largest absolute Gasteiger partial charge is 0.495 e. The molecule has 2 aromatic rings. The van der Waals surface area contributed by atoms with E-state index in [-0.39, 0.29) is 25.5 Å². The first-order valence-corrected chi connectivity index (χ1v) is 9.81. The van der Waals surface area contributed by atoms with Gasteiger partial charge in [0.15, 0.2) is 0 Å². The molecule has 164 valence electrons. The fraction of sp³-hybridized carbons (Fsp3) is 0.318. The molecule has 0 saturated carbocycles. The second-order valence-electron chi connectivity index (χ2n) is 6.86. The molecular formula is C22H22ClNO7. The van der Waals surface area contributed by atoms with Crippen molar-refractivity contribution in [2.24, 2.45) is 5.92 Å². The zero-order valence-electron chi connectivity index (χ0n) is 17.3. The number of hydrogen-bond donors (Lipinski definition) is 0. The van der Waals surface area contributed by atoms with Crippen LogP contribution in [0.1, 0.15) is 22.3 Å². The molecular weight excluding hydrogens is 426 g/mol. The minimum Gasteiger partial charge on any atom is -0.495 e. The van der Waals surface area contributed by atoms with Gasteiger partial charge in [0.25, 0.3) is 0 Å². The van der Waals surface area contributed by atoms with Gasteiger partial charge in [-0.15, -0.1) is 0 Å². The highest BCUT2D eigenvalue weighted by molar-refractivity contribution is 6.32. The van der Waals surface area contributed by atoms with E-state index >= 15 is 0 Å². The van der Waals surface area contributed by atoms with E-state index in [0.717, 1.165) is 0 Å². The maximum Gasteiger partial charge on any atom is 0.337 e.